The summed E-state index contributed by atoms with van der Waals surface area (Å²) in [4.78, 5) is 60.1. The Labute approximate surface area is 273 Å². The number of nitriles is 1. The number of hydrogen-bond donors (Lipinski definition) is 1. The van der Waals surface area contributed by atoms with Gasteiger partial charge in [0, 0.05) is 24.3 Å². The number of hydrogen-bond acceptors (Lipinski definition) is 7. The van der Waals surface area contributed by atoms with Gasteiger partial charge >= 0.3 is 0 Å². The minimum atomic E-state index is -0.888. The molecule has 3 aromatic rings. The lowest BCUT2D eigenvalue weighted by atomic mass is 9.82. The molecule has 9 nitrogen and oxygen atoms in total. The summed E-state index contributed by atoms with van der Waals surface area (Å²) in [5, 5.41) is 13.2. The maximum Gasteiger partial charge on any atom is 0.257 e. The number of carbonyl (C=O) groups is 4. The molecule has 1 saturated heterocycles. The van der Waals surface area contributed by atoms with E-state index in [0.717, 1.165) is 67.5 Å². The summed E-state index contributed by atoms with van der Waals surface area (Å²) in [5.74, 6) is -0.817. The average molecular weight is 636 g/mol. The molecule has 1 aromatic heterocycles. The van der Waals surface area contributed by atoms with Gasteiger partial charge in [0.2, 0.25) is 17.7 Å². The topological polar surface area (TPSA) is 123 Å². The van der Waals surface area contributed by atoms with E-state index >= 15 is 0 Å². The molecule has 2 aliphatic carbocycles. The van der Waals surface area contributed by atoms with Crippen molar-refractivity contribution in [3.8, 4) is 6.07 Å². The van der Waals surface area contributed by atoms with E-state index in [2.05, 4.69) is 35.7 Å². The summed E-state index contributed by atoms with van der Waals surface area (Å²) < 4.78 is 0. The molecule has 4 amide bonds. The second-order valence-electron chi connectivity index (χ2n) is 12.3. The zero-order valence-electron chi connectivity index (χ0n) is 25.9. The molecule has 3 aliphatic rings. The number of benzene rings is 2. The molecule has 2 fully saturated rings. The molecule has 1 aliphatic heterocycles. The number of rotatable bonds is 8. The fraction of sp³-hybridized carbons (Fsp3) is 0.389. The van der Waals surface area contributed by atoms with Crippen LogP contribution in [0, 0.1) is 11.3 Å². The zero-order chi connectivity index (χ0) is 32.2. The zero-order valence-corrected chi connectivity index (χ0v) is 26.7. The number of nitrogens with one attached hydrogen (secondary N) is 1. The molecule has 0 radical (unpaired) electrons. The lowest BCUT2D eigenvalue weighted by Crippen LogP contribution is -2.52. The van der Waals surface area contributed by atoms with E-state index in [-0.39, 0.29) is 35.9 Å². The first-order chi connectivity index (χ1) is 22.3. The highest BCUT2D eigenvalue weighted by atomic mass is 32.2. The number of fused-ring (bicyclic) bond motifs is 1. The summed E-state index contributed by atoms with van der Waals surface area (Å²) in [5.41, 5.74) is 4.77. The van der Waals surface area contributed by atoms with Gasteiger partial charge in [0.15, 0.2) is 0 Å². The highest BCUT2D eigenvalue weighted by molar-refractivity contribution is 8.00. The molecule has 0 unspecified atom stereocenters. The monoisotopic (exact) mass is 635 g/mol. The Morgan fingerprint density at radius 1 is 1.02 bits per heavy atom. The van der Waals surface area contributed by atoms with Crippen molar-refractivity contribution < 1.29 is 19.2 Å². The van der Waals surface area contributed by atoms with E-state index in [1.165, 1.54) is 24.2 Å². The molecule has 10 heteroatoms. The van der Waals surface area contributed by atoms with Crippen molar-refractivity contribution in [2.24, 2.45) is 0 Å². The lowest BCUT2D eigenvalue weighted by molar-refractivity contribution is -0.139. The number of amides is 4. The van der Waals surface area contributed by atoms with Crippen LogP contribution in [0.5, 0.6) is 0 Å². The molecule has 2 atom stereocenters. The summed E-state index contributed by atoms with van der Waals surface area (Å²) in [6.07, 6.45) is 7.07. The quantitative estimate of drug-likeness (QED) is 0.246. The van der Waals surface area contributed by atoms with Crippen molar-refractivity contribution in [1.29, 1.82) is 5.26 Å². The van der Waals surface area contributed by atoms with Gasteiger partial charge in [-0.2, -0.15) is 5.26 Å². The Bertz CT molecular complexity index is 1680. The molecular formula is C36H37N5O4S. The number of carbonyl (C=O) groups excluding carboxylic acids is 4. The van der Waals surface area contributed by atoms with E-state index in [4.69, 9.17) is 4.98 Å². The molecule has 0 spiro atoms. The van der Waals surface area contributed by atoms with E-state index < -0.39 is 11.9 Å². The fourth-order valence-corrected chi connectivity index (χ4v) is 7.89. The smallest absolute Gasteiger partial charge is 0.257 e. The van der Waals surface area contributed by atoms with Gasteiger partial charge in [-0.05, 0) is 79.5 Å². The summed E-state index contributed by atoms with van der Waals surface area (Å²) >= 11 is 1.24. The molecule has 1 N–H and O–H groups in total. The third-order valence-electron chi connectivity index (χ3n) is 9.24. The molecule has 1 saturated carbocycles. The highest BCUT2D eigenvalue weighted by Gasteiger charge is 2.46. The first-order valence-electron chi connectivity index (χ1n) is 16.0. The third kappa shape index (κ3) is 6.70. The Hall–Kier alpha value is -4.49. The van der Waals surface area contributed by atoms with Crippen LogP contribution in [0.3, 0.4) is 0 Å². The van der Waals surface area contributed by atoms with Crippen LogP contribution in [0.4, 0.5) is 11.4 Å². The van der Waals surface area contributed by atoms with Crippen molar-refractivity contribution in [3.63, 3.8) is 0 Å². The molecule has 46 heavy (non-hydrogen) atoms. The maximum absolute atomic E-state index is 14.0. The van der Waals surface area contributed by atoms with Gasteiger partial charge in [-0.15, -0.1) is 0 Å². The Kier molecular flexibility index (Phi) is 9.50. The van der Waals surface area contributed by atoms with Crippen LogP contribution in [-0.2, 0) is 32.0 Å². The van der Waals surface area contributed by atoms with Crippen LogP contribution >= 0.6 is 11.8 Å². The van der Waals surface area contributed by atoms with Crippen LogP contribution in [0.25, 0.3) is 0 Å². The van der Waals surface area contributed by atoms with Gasteiger partial charge in [0.05, 0.1) is 23.4 Å². The SMILES string of the molecule is CC(=O)Nc1ccc(N2C(=O)C[C@H](N(C(=O)CSc3nc4c(cc3C#N)C[C@@H](c3ccccc3)CC4)C3CCCCC3)C2=O)cc1. The number of anilines is 2. The number of nitrogens with zero attached hydrogens (tertiary/aromatic N) is 4. The lowest BCUT2D eigenvalue weighted by Gasteiger charge is -2.37. The van der Waals surface area contributed by atoms with Crippen molar-refractivity contribution in [1.82, 2.24) is 9.88 Å². The standard InChI is InChI=1S/C36H37N5O4S/c1-23(42)38-28-13-15-30(16-14-28)41-33(43)20-32(36(41)45)40(29-10-6-3-7-11-29)34(44)22-46-35-27(21-37)19-26-18-25(12-17-31(26)39-35)24-8-4-2-5-9-24/h2,4-5,8-9,13-16,19,25,29,32H,3,6-7,10-12,17-18,20,22H2,1H3,(H,38,42)/t25-,32-/m0/s1. The van der Waals surface area contributed by atoms with Crippen molar-refractivity contribution in [2.45, 2.75) is 87.7 Å². The van der Waals surface area contributed by atoms with Gasteiger partial charge in [0.1, 0.15) is 17.1 Å². The van der Waals surface area contributed by atoms with Crippen molar-refractivity contribution in [2.75, 3.05) is 16.0 Å². The molecule has 2 heterocycles. The molecule has 0 bridgehead atoms. The van der Waals surface area contributed by atoms with Gasteiger partial charge in [0.25, 0.3) is 5.91 Å². The normalized spacial score (nSPS) is 19.8. The largest absolute Gasteiger partial charge is 0.326 e. The Morgan fingerprint density at radius 3 is 2.46 bits per heavy atom. The van der Waals surface area contributed by atoms with Crippen molar-refractivity contribution in [3.05, 3.63) is 83.0 Å². The van der Waals surface area contributed by atoms with Gasteiger partial charge in [-0.3, -0.25) is 19.2 Å². The fourth-order valence-electron chi connectivity index (χ4n) is 7.04. The van der Waals surface area contributed by atoms with Gasteiger partial charge < -0.3 is 10.2 Å². The third-order valence-corrected chi connectivity index (χ3v) is 10.2. The predicted molar refractivity (Wildman–Crippen MR) is 176 cm³/mol. The number of thioether (sulfide) groups is 1. The van der Waals surface area contributed by atoms with Crippen molar-refractivity contribution >= 4 is 46.8 Å². The predicted octanol–water partition coefficient (Wildman–Crippen LogP) is 5.77. The molecule has 6 rings (SSSR count). The van der Waals surface area contributed by atoms with E-state index in [0.29, 0.717) is 27.9 Å². The van der Waals surface area contributed by atoms with E-state index in [1.54, 1.807) is 29.2 Å². The first-order valence-corrected chi connectivity index (χ1v) is 17.0. The van der Waals surface area contributed by atoms with Crippen LogP contribution in [0.15, 0.2) is 65.7 Å². The minimum Gasteiger partial charge on any atom is -0.326 e. The van der Waals surface area contributed by atoms with Crippen LogP contribution in [0.2, 0.25) is 0 Å². The molecule has 236 valence electrons. The van der Waals surface area contributed by atoms with Gasteiger partial charge in [-0.1, -0.05) is 61.4 Å². The maximum atomic E-state index is 14.0. The number of aryl methyl sites for hydroxylation is 1. The minimum absolute atomic E-state index is 0.0208. The van der Waals surface area contributed by atoms with E-state index in [1.807, 2.05) is 12.1 Å². The summed E-state index contributed by atoms with van der Waals surface area (Å²) in [7, 11) is 0. The van der Waals surface area contributed by atoms with Crippen LogP contribution in [0.1, 0.15) is 80.2 Å². The first kappa shape index (κ1) is 31.5. The van der Waals surface area contributed by atoms with E-state index in [9.17, 15) is 24.4 Å². The number of pyridine rings is 1. The average Bonchev–Trinajstić information content (AvgIpc) is 3.36. The Balaban J connectivity index is 1.19. The number of imide groups is 1. The Morgan fingerprint density at radius 2 is 1.76 bits per heavy atom. The van der Waals surface area contributed by atoms with Crippen LogP contribution < -0.4 is 10.2 Å². The van der Waals surface area contributed by atoms with Gasteiger partial charge in [-0.25, -0.2) is 9.88 Å². The highest BCUT2D eigenvalue weighted by Crippen LogP contribution is 2.36. The summed E-state index contributed by atoms with van der Waals surface area (Å²) in [6, 6.07) is 20.1. The number of aromatic nitrogens is 1. The second-order valence-corrected chi connectivity index (χ2v) is 13.3. The second kappa shape index (κ2) is 13.9. The summed E-state index contributed by atoms with van der Waals surface area (Å²) in [6.45, 7) is 1.41. The molecule has 2 aromatic carbocycles. The molecular weight excluding hydrogens is 598 g/mol. The van der Waals surface area contributed by atoms with Crippen LogP contribution in [-0.4, -0.2) is 51.3 Å².